The van der Waals surface area contributed by atoms with Gasteiger partial charge in [0.25, 0.3) is 0 Å². The molecule has 9 heteroatoms. The van der Waals surface area contributed by atoms with Crippen LogP contribution in [0.5, 0.6) is 0 Å². The monoisotopic (exact) mass is 341 g/mol. The molecule has 2 aromatic rings. The standard InChI is InChI=1S/C13H15N3O4S2/c1-16(10-11-6-8-15-9-7-11)22(19,20)13-4-2-12(3-5-13)21(14,17)18/h2-9H,10H2,1H3,(H2,14,17,18). The molecule has 2 N–H and O–H groups in total. The molecular formula is C13H15N3O4S2. The Balaban J connectivity index is 2.26. The van der Waals surface area contributed by atoms with E-state index in [1.165, 1.54) is 35.6 Å². The van der Waals surface area contributed by atoms with Crippen molar-refractivity contribution < 1.29 is 16.8 Å². The smallest absolute Gasteiger partial charge is 0.243 e. The molecule has 22 heavy (non-hydrogen) atoms. The zero-order valence-corrected chi connectivity index (χ0v) is 13.4. The van der Waals surface area contributed by atoms with Crippen LogP contribution in [-0.4, -0.2) is 33.2 Å². The van der Waals surface area contributed by atoms with Crippen molar-refractivity contribution in [3.8, 4) is 0 Å². The first-order valence-electron chi connectivity index (χ1n) is 6.19. The van der Waals surface area contributed by atoms with E-state index in [4.69, 9.17) is 5.14 Å². The highest BCUT2D eigenvalue weighted by atomic mass is 32.2. The highest BCUT2D eigenvalue weighted by Crippen LogP contribution is 2.18. The number of nitrogens with two attached hydrogens (primary N) is 1. The van der Waals surface area contributed by atoms with Crippen LogP contribution in [0.2, 0.25) is 0 Å². The quantitative estimate of drug-likeness (QED) is 0.854. The van der Waals surface area contributed by atoms with Crippen LogP contribution in [0, 0.1) is 0 Å². The minimum absolute atomic E-state index is 0.00328. The largest absolute Gasteiger partial charge is 0.265 e. The van der Waals surface area contributed by atoms with E-state index in [0.717, 1.165) is 5.56 Å². The van der Waals surface area contributed by atoms with Gasteiger partial charge >= 0.3 is 0 Å². The molecule has 7 nitrogen and oxygen atoms in total. The maximum absolute atomic E-state index is 12.4. The molecule has 0 aliphatic heterocycles. The first-order valence-corrected chi connectivity index (χ1v) is 9.18. The lowest BCUT2D eigenvalue weighted by molar-refractivity contribution is 0.466. The number of nitrogens with zero attached hydrogens (tertiary/aromatic N) is 2. The molecule has 0 saturated heterocycles. The summed E-state index contributed by atoms with van der Waals surface area (Å²) < 4.78 is 48.4. The van der Waals surface area contributed by atoms with Gasteiger partial charge in [-0.1, -0.05) is 0 Å². The Morgan fingerprint density at radius 3 is 1.95 bits per heavy atom. The summed E-state index contributed by atoms with van der Waals surface area (Å²) in [4.78, 5) is 3.73. The van der Waals surface area contributed by atoms with Crippen molar-refractivity contribution >= 4 is 20.0 Å². The van der Waals surface area contributed by atoms with Crippen molar-refractivity contribution in [2.24, 2.45) is 5.14 Å². The molecule has 0 aliphatic carbocycles. The Labute approximate surface area is 129 Å². The Morgan fingerprint density at radius 2 is 1.45 bits per heavy atom. The molecule has 2 rings (SSSR count). The van der Waals surface area contributed by atoms with Crippen LogP contribution in [0.15, 0.2) is 58.6 Å². The van der Waals surface area contributed by atoms with Crippen LogP contribution in [0.25, 0.3) is 0 Å². The first kappa shape index (κ1) is 16.6. The highest BCUT2D eigenvalue weighted by molar-refractivity contribution is 7.89. The SMILES string of the molecule is CN(Cc1ccncc1)S(=O)(=O)c1ccc(S(N)(=O)=O)cc1. The molecule has 0 amide bonds. The van der Waals surface area contributed by atoms with Crippen LogP contribution in [0.3, 0.4) is 0 Å². The van der Waals surface area contributed by atoms with Gasteiger partial charge in [-0.05, 0) is 42.0 Å². The molecule has 1 aromatic heterocycles. The maximum atomic E-state index is 12.4. The van der Waals surface area contributed by atoms with E-state index >= 15 is 0 Å². The van der Waals surface area contributed by atoms with Crippen LogP contribution >= 0.6 is 0 Å². The summed E-state index contributed by atoms with van der Waals surface area (Å²) in [5.41, 5.74) is 0.794. The number of benzene rings is 1. The predicted octanol–water partition coefficient (Wildman–Crippen LogP) is 0.550. The minimum Gasteiger partial charge on any atom is -0.265 e. The molecule has 0 spiro atoms. The fourth-order valence-corrected chi connectivity index (χ4v) is 3.49. The van der Waals surface area contributed by atoms with E-state index in [-0.39, 0.29) is 16.3 Å². The number of hydrogen-bond donors (Lipinski definition) is 1. The maximum Gasteiger partial charge on any atom is 0.243 e. The minimum atomic E-state index is -3.85. The van der Waals surface area contributed by atoms with Crippen molar-refractivity contribution in [3.63, 3.8) is 0 Å². The normalized spacial score (nSPS) is 12.5. The summed E-state index contributed by atoms with van der Waals surface area (Å²) >= 11 is 0. The van der Waals surface area contributed by atoms with E-state index in [1.807, 2.05) is 0 Å². The number of aromatic nitrogens is 1. The highest BCUT2D eigenvalue weighted by Gasteiger charge is 2.21. The Hall–Kier alpha value is -1.81. The summed E-state index contributed by atoms with van der Waals surface area (Å²) in [5.74, 6) is 0. The Bertz CT molecular complexity index is 848. The lowest BCUT2D eigenvalue weighted by Gasteiger charge is -2.17. The zero-order valence-electron chi connectivity index (χ0n) is 11.7. The number of rotatable bonds is 5. The van der Waals surface area contributed by atoms with E-state index < -0.39 is 20.0 Å². The molecule has 0 radical (unpaired) electrons. The second-order valence-corrected chi connectivity index (χ2v) is 8.24. The van der Waals surface area contributed by atoms with Crippen molar-refractivity contribution in [1.29, 1.82) is 0 Å². The Morgan fingerprint density at radius 1 is 0.955 bits per heavy atom. The molecule has 118 valence electrons. The second kappa shape index (κ2) is 6.13. The summed E-state index contributed by atoms with van der Waals surface area (Å²) in [6.07, 6.45) is 3.16. The molecule has 1 aromatic carbocycles. The third-order valence-electron chi connectivity index (χ3n) is 3.02. The van der Waals surface area contributed by atoms with Crippen molar-refractivity contribution in [2.75, 3.05) is 7.05 Å². The molecule has 0 fully saturated rings. The summed E-state index contributed by atoms with van der Waals surface area (Å²) in [6, 6.07) is 8.22. The van der Waals surface area contributed by atoms with Gasteiger partial charge in [0.2, 0.25) is 20.0 Å². The van der Waals surface area contributed by atoms with E-state index in [9.17, 15) is 16.8 Å². The molecule has 0 atom stereocenters. The van der Waals surface area contributed by atoms with Crippen molar-refractivity contribution in [3.05, 3.63) is 54.4 Å². The molecule has 0 bridgehead atoms. The van der Waals surface area contributed by atoms with E-state index in [1.54, 1.807) is 24.5 Å². The van der Waals surface area contributed by atoms with Gasteiger partial charge in [0, 0.05) is 26.0 Å². The topological polar surface area (TPSA) is 110 Å². The van der Waals surface area contributed by atoms with Gasteiger partial charge in [-0.25, -0.2) is 22.0 Å². The molecule has 0 unspecified atom stereocenters. The summed E-state index contributed by atoms with van der Waals surface area (Å²) in [6.45, 7) is 0.182. The predicted molar refractivity (Wildman–Crippen MR) is 80.7 cm³/mol. The fraction of sp³-hybridized carbons (Fsp3) is 0.154. The van der Waals surface area contributed by atoms with Crippen molar-refractivity contribution in [2.45, 2.75) is 16.3 Å². The molecular weight excluding hydrogens is 326 g/mol. The molecule has 0 saturated carbocycles. The lowest BCUT2D eigenvalue weighted by Crippen LogP contribution is -2.26. The third kappa shape index (κ3) is 3.69. The number of primary sulfonamides is 1. The summed E-state index contributed by atoms with van der Waals surface area (Å²) in [7, 11) is -6.12. The van der Waals surface area contributed by atoms with Gasteiger partial charge in [0.05, 0.1) is 9.79 Å². The van der Waals surface area contributed by atoms with E-state index in [2.05, 4.69) is 4.98 Å². The van der Waals surface area contributed by atoms with Crippen LogP contribution in [0.1, 0.15) is 5.56 Å². The van der Waals surface area contributed by atoms with Crippen LogP contribution < -0.4 is 5.14 Å². The third-order valence-corrected chi connectivity index (χ3v) is 5.76. The number of pyridine rings is 1. The first-order chi connectivity index (χ1) is 10.2. The van der Waals surface area contributed by atoms with E-state index in [0.29, 0.717) is 0 Å². The average Bonchev–Trinajstić information content (AvgIpc) is 2.47. The molecule has 0 aliphatic rings. The summed E-state index contributed by atoms with van der Waals surface area (Å²) in [5, 5.41) is 4.98. The zero-order chi connectivity index (χ0) is 16.4. The Kier molecular flexibility index (Phi) is 4.61. The van der Waals surface area contributed by atoms with Crippen LogP contribution in [-0.2, 0) is 26.6 Å². The van der Waals surface area contributed by atoms with Gasteiger partial charge < -0.3 is 0 Å². The van der Waals surface area contributed by atoms with Crippen LogP contribution in [0.4, 0.5) is 0 Å². The fourth-order valence-electron chi connectivity index (χ4n) is 1.81. The van der Waals surface area contributed by atoms with Gasteiger partial charge in [0.15, 0.2) is 0 Å². The average molecular weight is 341 g/mol. The number of sulfonamides is 2. The van der Waals surface area contributed by atoms with Gasteiger partial charge in [-0.15, -0.1) is 0 Å². The lowest BCUT2D eigenvalue weighted by atomic mass is 10.3. The van der Waals surface area contributed by atoms with Gasteiger partial charge in [-0.2, -0.15) is 4.31 Å². The molecule has 1 heterocycles. The second-order valence-electron chi connectivity index (χ2n) is 4.63. The van der Waals surface area contributed by atoms with Gasteiger partial charge in [0.1, 0.15) is 0 Å². The van der Waals surface area contributed by atoms with Crippen molar-refractivity contribution in [1.82, 2.24) is 9.29 Å². The van der Waals surface area contributed by atoms with Gasteiger partial charge in [-0.3, -0.25) is 4.98 Å². The number of hydrogen-bond acceptors (Lipinski definition) is 5.